The van der Waals surface area contributed by atoms with E-state index in [1.807, 2.05) is 16.2 Å². The van der Waals surface area contributed by atoms with Crippen molar-refractivity contribution in [1.82, 2.24) is 14.4 Å². The summed E-state index contributed by atoms with van der Waals surface area (Å²) >= 11 is 1.82. The zero-order chi connectivity index (χ0) is 15.1. The first-order chi connectivity index (χ1) is 10.7. The van der Waals surface area contributed by atoms with Crippen molar-refractivity contribution in [2.75, 3.05) is 19.6 Å². The molecule has 2 aliphatic rings. The Balaban J connectivity index is 1.43. The molecule has 5 heteroatoms. The molecule has 0 radical (unpaired) electrons. The summed E-state index contributed by atoms with van der Waals surface area (Å²) in [6.07, 6.45) is 3.14. The van der Waals surface area contributed by atoms with Gasteiger partial charge in [0.15, 0.2) is 0 Å². The maximum absolute atomic E-state index is 12.7. The summed E-state index contributed by atoms with van der Waals surface area (Å²) in [6.45, 7) is 6.32. The Labute approximate surface area is 135 Å². The molecule has 0 saturated heterocycles. The molecule has 0 N–H and O–H groups in total. The number of hydrogen-bond donors (Lipinski definition) is 0. The number of fused-ring (bicyclic) bond motifs is 2. The third-order valence-electron chi connectivity index (χ3n) is 4.97. The van der Waals surface area contributed by atoms with Gasteiger partial charge in [0, 0.05) is 49.0 Å². The molecule has 2 aliphatic heterocycles. The molecule has 2 aromatic heterocycles. The molecule has 1 amide bonds. The van der Waals surface area contributed by atoms with E-state index in [9.17, 15) is 4.79 Å². The predicted molar refractivity (Wildman–Crippen MR) is 87.9 cm³/mol. The molecular weight excluding hydrogens is 294 g/mol. The van der Waals surface area contributed by atoms with Crippen molar-refractivity contribution in [3.63, 3.8) is 0 Å². The number of nitrogens with zero attached hydrogens (tertiary/aromatic N) is 3. The van der Waals surface area contributed by atoms with Crippen LogP contribution in [-0.4, -0.2) is 39.9 Å². The number of hydrogen-bond acceptors (Lipinski definition) is 3. The van der Waals surface area contributed by atoms with Crippen LogP contribution in [0.5, 0.6) is 0 Å². The highest BCUT2D eigenvalue weighted by molar-refractivity contribution is 7.10. The van der Waals surface area contributed by atoms with Crippen LogP contribution in [0.3, 0.4) is 0 Å². The van der Waals surface area contributed by atoms with E-state index >= 15 is 0 Å². The molecule has 2 aromatic rings. The second-order valence-electron chi connectivity index (χ2n) is 6.21. The molecule has 0 spiro atoms. The molecule has 0 fully saturated rings. The smallest absolute Gasteiger partial charge is 0.237 e. The first-order valence-corrected chi connectivity index (χ1v) is 8.82. The van der Waals surface area contributed by atoms with E-state index in [0.29, 0.717) is 12.6 Å². The maximum Gasteiger partial charge on any atom is 0.237 e. The van der Waals surface area contributed by atoms with Crippen LogP contribution in [0.1, 0.15) is 29.1 Å². The molecule has 4 heterocycles. The summed E-state index contributed by atoms with van der Waals surface area (Å²) in [4.78, 5) is 18.5. The largest absolute Gasteiger partial charge is 0.349 e. The molecule has 0 aliphatic carbocycles. The van der Waals surface area contributed by atoms with Crippen LogP contribution in [0, 0.1) is 0 Å². The SMILES string of the molecule is CC1c2cccn2CCN1CC(=O)N1CCc2sccc2C1. The number of thiophene rings is 1. The topological polar surface area (TPSA) is 28.5 Å². The Morgan fingerprint density at radius 1 is 1.32 bits per heavy atom. The van der Waals surface area contributed by atoms with Gasteiger partial charge in [0.05, 0.1) is 6.54 Å². The molecule has 116 valence electrons. The molecule has 4 rings (SSSR count). The number of aromatic nitrogens is 1. The minimum Gasteiger partial charge on any atom is -0.349 e. The van der Waals surface area contributed by atoms with Crippen molar-refractivity contribution in [2.45, 2.75) is 32.5 Å². The lowest BCUT2D eigenvalue weighted by Gasteiger charge is -2.36. The second kappa shape index (κ2) is 5.56. The highest BCUT2D eigenvalue weighted by Crippen LogP contribution is 2.27. The van der Waals surface area contributed by atoms with Gasteiger partial charge in [0.2, 0.25) is 5.91 Å². The highest BCUT2D eigenvalue weighted by atomic mass is 32.1. The molecular formula is C17H21N3OS. The molecule has 1 unspecified atom stereocenters. The summed E-state index contributed by atoms with van der Waals surface area (Å²) in [5.74, 6) is 0.267. The summed E-state index contributed by atoms with van der Waals surface area (Å²) in [5, 5.41) is 2.14. The summed E-state index contributed by atoms with van der Waals surface area (Å²) in [6, 6.07) is 6.74. The molecule has 22 heavy (non-hydrogen) atoms. The number of carbonyl (C=O) groups is 1. The van der Waals surface area contributed by atoms with Crippen LogP contribution in [0.15, 0.2) is 29.8 Å². The van der Waals surface area contributed by atoms with E-state index in [2.05, 4.69) is 46.2 Å². The van der Waals surface area contributed by atoms with Gasteiger partial charge in [-0.15, -0.1) is 11.3 Å². The summed E-state index contributed by atoms with van der Waals surface area (Å²) in [7, 11) is 0. The maximum atomic E-state index is 12.7. The van der Waals surface area contributed by atoms with Crippen LogP contribution in [0.4, 0.5) is 0 Å². The molecule has 4 nitrogen and oxygen atoms in total. The molecule has 0 aromatic carbocycles. The first-order valence-electron chi connectivity index (χ1n) is 7.94. The van der Waals surface area contributed by atoms with Crippen LogP contribution in [-0.2, 0) is 24.3 Å². The number of rotatable bonds is 2. The fraction of sp³-hybridized carbons (Fsp3) is 0.471. The fourth-order valence-corrected chi connectivity index (χ4v) is 4.47. The fourth-order valence-electron chi connectivity index (χ4n) is 3.58. The zero-order valence-electron chi connectivity index (χ0n) is 12.9. The average Bonchev–Trinajstić information content (AvgIpc) is 3.17. The Hall–Kier alpha value is -1.59. The Bertz CT molecular complexity index is 690. The third-order valence-corrected chi connectivity index (χ3v) is 5.99. The minimum absolute atomic E-state index is 0.267. The summed E-state index contributed by atoms with van der Waals surface area (Å²) < 4.78 is 2.30. The van der Waals surface area contributed by atoms with Gasteiger partial charge in [-0.05, 0) is 42.5 Å². The van der Waals surface area contributed by atoms with Crippen molar-refractivity contribution in [3.8, 4) is 0 Å². The second-order valence-corrected chi connectivity index (χ2v) is 7.21. The van der Waals surface area contributed by atoms with Crippen LogP contribution in [0.2, 0.25) is 0 Å². The van der Waals surface area contributed by atoms with Crippen molar-refractivity contribution in [2.24, 2.45) is 0 Å². The monoisotopic (exact) mass is 315 g/mol. The van der Waals surface area contributed by atoms with Crippen molar-refractivity contribution in [1.29, 1.82) is 0 Å². The van der Waals surface area contributed by atoms with Gasteiger partial charge >= 0.3 is 0 Å². The quantitative estimate of drug-likeness (QED) is 0.852. The van der Waals surface area contributed by atoms with Gasteiger partial charge in [-0.2, -0.15) is 0 Å². The Morgan fingerprint density at radius 3 is 3.14 bits per heavy atom. The molecule has 0 saturated carbocycles. The lowest BCUT2D eigenvalue weighted by atomic mass is 10.1. The van der Waals surface area contributed by atoms with Gasteiger partial charge < -0.3 is 9.47 Å². The van der Waals surface area contributed by atoms with E-state index in [4.69, 9.17) is 0 Å². The van der Waals surface area contributed by atoms with E-state index in [1.165, 1.54) is 16.1 Å². The van der Waals surface area contributed by atoms with Crippen molar-refractivity contribution >= 4 is 17.2 Å². The lowest BCUT2D eigenvalue weighted by Crippen LogP contribution is -2.45. The predicted octanol–water partition coefficient (Wildman–Crippen LogP) is 2.51. The van der Waals surface area contributed by atoms with Crippen molar-refractivity contribution < 1.29 is 4.79 Å². The normalized spacial score (nSPS) is 21.5. The van der Waals surface area contributed by atoms with Gasteiger partial charge in [0.25, 0.3) is 0 Å². The van der Waals surface area contributed by atoms with Crippen molar-refractivity contribution in [3.05, 3.63) is 45.9 Å². The average molecular weight is 315 g/mol. The third kappa shape index (κ3) is 2.38. The van der Waals surface area contributed by atoms with E-state index in [-0.39, 0.29) is 5.91 Å². The molecule has 0 bridgehead atoms. The standard InChI is InChI=1S/C17H21N3OS/c1-13-15-3-2-6-18(15)8-9-19(13)12-17(21)20-7-4-16-14(11-20)5-10-22-16/h2-3,5-6,10,13H,4,7-9,11-12H2,1H3. The van der Waals surface area contributed by atoms with Gasteiger partial charge in [0.1, 0.15) is 0 Å². The van der Waals surface area contributed by atoms with E-state index < -0.39 is 0 Å². The summed E-state index contributed by atoms with van der Waals surface area (Å²) in [5.41, 5.74) is 2.66. The van der Waals surface area contributed by atoms with E-state index in [1.54, 1.807) is 0 Å². The van der Waals surface area contributed by atoms with Gasteiger partial charge in [-0.3, -0.25) is 9.69 Å². The Kier molecular flexibility index (Phi) is 3.54. The highest BCUT2D eigenvalue weighted by Gasteiger charge is 2.28. The van der Waals surface area contributed by atoms with Crippen LogP contribution < -0.4 is 0 Å². The number of carbonyl (C=O) groups excluding carboxylic acids is 1. The van der Waals surface area contributed by atoms with Gasteiger partial charge in [-0.1, -0.05) is 0 Å². The van der Waals surface area contributed by atoms with Gasteiger partial charge in [-0.25, -0.2) is 0 Å². The zero-order valence-corrected chi connectivity index (χ0v) is 13.7. The van der Waals surface area contributed by atoms with E-state index in [0.717, 1.165) is 32.6 Å². The van der Waals surface area contributed by atoms with Crippen LogP contribution >= 0.6 is 11.3 Å². The minimum atomic E-state index is 0.267. The molecule has 1 atom stereocenters. The Morgan fingerprint density at radius 2 is 2.23 bits per heavy atom. The number of amides is 1. The lowest BCUT2D eigenvalue weighted by molar-refractivity contribution is -0.134. The van der Waals surface area contributed by atoms with Crippen LogP contribution in [0.25, 0.3) is 0 Å². The first kappa shape index (κ1) is 14.0.